The number of aliphatic hydroxyl groups is 1. The van der Waals surface area contributed by atoms with Gasteiger partial charge in [-0.3, -0.25) is 4.79 Å². The molecule has 36 heavy (non-hydrogen) atoms. The monoisotopic (exact) mass is 487 g/mol. The van der Waals surface area contributed by atoms with Crippen LogP contribution in [0.4, 0.5) is 4.39 Å². The molecule has 0 bridgehead atoms. The molecule has 4 rings (SSSR count). The number of ether oxygens (including phenoxy) is 1. The number of hydrogen-bond donors (Lipinski definition) is 3. The number of carbonyl (C=O) groups excluding carboxylic acids is 1. The van der Waals surface area contributed by atoms with Gasteiger partial charge in [0.05, 0.1) is 11.8 Å². The van der Waals surface area contributed by atoms with E-state index in [9.17, 15) is 19.6 Å². The van der Waals surface area contributed by atoms with Crippen molar-refractivity contribution in [3.8, 4) is 17.5 Å². The Balaban J connectivity index is 1.44. The summed E-state index contributed by atoms with van der Waals surface area (Å²) in [7, 11) is 0. The zero-order chi connectivity index (χ0) is 25.7. The minimum absolute atomic E-state index is 0.123. The largest absolute Gasteiger partial charge is 0.489 e. The summed E-state index contributed by atoms with van der Waals surface area (Å²) in [6.07, 6.45) is 3.50. The second-order valence-corrected chi connectivity index (χ2v) is 8.48. The molecule has 4 N–H and O–H groups in total. The van der Waals surface area contributed by atoms with Crippen molar-refractivity contribution in [3.63, 3.8) is 0 Å². The predicted molar refractivity (Wildman–Crippen MR) is 131 cm³/mol. The Morgan fingerprint density at radius 3 is 2.78 bits per heavy atom. The number of benzene rings is 2. The SMILES string of the molecule is C[C@H](O)[C@H](CCc1ccccc1OCc1ccc(-n2cccc2C#N)c(F)c1)c1nc(C(N)=O)c[nH]1. The normalized spacial score (nSPS) is 12.6. The Morgan fingerprint density at radius 2 is 2.08 bits per heavy atom. The Bertz CT molecular complexity index is 1400. The number of carbonyl (C=O) groups is 1. The van der Waals surface area contributed by atoms with Crippen LogP contribution in [0.2, 0.25) is 0 Å². The Kier molecular flexibility index (Phi) is 7.47. The fraction of sp³-hybridized carbons (Fsp3) is 0.222. The molecule has 0 saturated heterocycles. The average Bonchev–Trinajstić information content (AvgIpc) is 3.53. The number of hydrogen-bond acceptors (Lipinski definition) is 5. The molecular weight excluding hydrogens is 461 g/mol. The van der Waals surface area contributed by atoms with Gasteiger partial charge in [0.15, 0.2) is 0 Å². The van der Waals surface area contributed by atoms with Gasteiger partial charge in [0.2, 0.25) is 0 Å². The summed E-state index contributed by atoms with van der Waals surface area (Å²) < 4.78 is 22.3. The number of aromatic amines is 1. The lowest BCUT2D eigenvalue weighted by Gasteiger charge is -2.19. The Hall–Kier alpha value is -4.42. The first-order chi connectivity index (χ1) is 17.4. The van der Waals surface area contributed by atoms with Gasteiger partial charge in [0.25, 0.3) is 5.91 Å². The maximum absolute atomic E-state index is 14.8. The van der Waals surface area contributed by atoms with Crippen LogP contribution < -0.4 is 10.5 Å². The van der Waals surface area contributed by atoms with Crippen molar-refractivity contribution in [2.45, 2.75) is 38.4 Å². The zero-order valence-corrected chi connectivity index (χ0v) is 19.7. The van der Waals surface area contributed by atoms with Crippen LogP contribution in [-0.4, -0.2) is 31.7 Å². The van der Waals surface area contributed by atoms with Crippen molar-refractivity contribution in [2.24, 2.45) is 5.73 Å². The van der Waals surface area contributed by atoms with Gasteiger partial charge in [-0.1, -0.05) is 24.3 Å². The molecule has 0 unspecified atom stereocenters. The molecule has 1 amide bonds. The number of H-pyrrole nitrogens is 1. The van der Waals surface area contributed by atoms with Crippen LogP contribution in [0.5, 0.6) is 5.75 Å². The van der Waals surface area contributed by atoms with E-state index in [1.54, 1.807) is 37.4 Å². The van der Waals surface area contributed by atoms with Gasteiger partial charge in [0, 0.05) is 18.3 Å². The molecule has 2 heterocycles. The van der Waals surface area contributed by atoms with Crippen molar-refractivity contribution < 1.29 is 19.0 Å². The molecule has 2 aromatic heterocycles. The molecule has 0 spiro atoms. The molecule has 0 radical (unpaired) electrons. The van der Waals surface area contributed by atoms with Crippen LogP contribution in [0.1, 0.15) is 52.4 Å². The average molecular weight is 488 g/mol. The lowest BCUT2D eigenvalue weighted by atomic mass is 9.94. The van der Waals surface area contributed by atoms with Gasteiger partial charge in [-0.05, 0) is 61.2 Å². The minimum Gasteiger partial charge on any atom is -0.489 e. The van der Waals surface area contributed by atoms with E-state index < -0.39 is 17.8 Å². The lowest BCUT2D eigenvalue weighted by molar-refractivity contribution is 0.0995. The van der Waals surface area contributed by atoms with Crippen molar-refractivity contribution in [1.82, 2.24) is 14.5 Å². The number of aliphatic hydroxyl groups excluding tert-OH is 1. The third kappa shape index (κ3) is 5.45. The van der Waals surface area contributed by atoms with Gasteiger partial charge in [-0.25, -0.2) is 9.37 Å². The molecule has 8 nitrogen and oxygen atoms in total. The molecule has 9 heteroatoms. The summed E-state index contributed by atoms with van der Waals surface area (Å²) in [5.41, 5.74) is 7.62. The van der Waals surface area contributed by atoms with E-state index in [2.05, 4.69) is 9.97 Å². The number of halogens is 1. The number of para-hydroxylation sites is 1. The van der Waals surface area contributed by atoms with Crippen LogP contribution in [0, 0.1) is 17.1 Å². The summed E-state index contributed by atoms with van der Waals surface area (Å²) in [5.74, 6) is -0.273. The lowest BCUT2D eigenvalue weighted by Crippen LogP contribution is -2.18. The number of rotatable bonds is 10. The number of nitrogens with two attached hydrogens (primary N) is 1. The van der Waals surface area contributed by atoms with Gasteiger partial charge >= 0.3 is 0 Å². The van der Waals surface area contributed by atoms with E-state index in [1.807, 2.05) is 30.3 Å². The smallest absolute Gasteiger partial charge is 0.268 e. The van der Waals surface area contributed by atoms with Gasteiger partial charge in [-0.2, -0.15) is 5.26 Å². The molecule has 0 aliphatic heterocycles. The van der Waals surface area contributed by atoms with Crippen LogP contribution in [0.3, 0.4) is 0 Å². The van der Waals surface area contributed by atoms with E-state index in [0.717, 1.165) is 5.56 Å². The summed E-state index contributed by atoms with van der Waals surface area (Å²) in [6.45, 7) is 1.83. The number of nitrogens with zero attached hydrogens (tertiary/aromatic N) is 3. The standard InChI is InChI=1S/C27H26FN5O3/c1-17(34)21(27-31-15-23(32-27)26(30)35)10-9-19-5-2-3-7-25(19)36-16-18-8-11-24(22(28)13-18)33-12-4-6-20(33)14-29/h2-8,11-13,15,17,21,34H,9-10,16H2,1H3,(H2,30,35)(H,31,32)/t17-,21-/m0/s1. The highest BCUT2D eigenvalue weighted by Crippen LogP contribution is 2.28. The summed E-state index contributed by atoms with van der Waals surface area (Å²) >= 11 is 0. The van der Waals surface area contributed by atoms with Crippen molar-refractivity contribution in [1.29, 1.82) is 5.26 Å². The molecule has 0 saturated carbocycles. The number of amides is 1. The first-order valence-corrected chi connectivity index (χ1v) is 11.5. The number of imidazole rings is 1. The van der Waals surface area contributed by atoms with E-state index in [1.165, 1.54) is 16.8 Å². The van der Waals surface area contributed by atoms with Crippen LogP contribution >= 0.6 is 0 Å². The first-order valence-electron chi connectivity index (χ1n) is 11.5. The Labute approximate surface area is 207 Å². The summed E-state index contributed by atoms with van der Waals surface area (Å²) in [4.78, 5) is 18.5. The zero-order valence-electron chi connectivity index (χ0n) is 19.7. The molecule has 0 aliphatic carbocycles. The molecule has 2 aromatic carbocycles. The maximum Gasteiger partial charge on any atom is 0.268 e. The molecule has 2 atom stereocenters. The number of primary amides is 1. The topological polar surface area (TPSA) is 130 Å². The molecular formula is C27H26FN5O3. The minimum atomic E-state index is -0.701. The summed E-state index contributed by atoms with van der Waals surface area (Å²) in [5, 5.41) is 19.5. The van der Waals surface area contributed by atoms with Gasteiger partial charge in [-0.15, -0.1) is 0 Å². The molecule has 4 aromatic rings. The van der Waals surface area contributed by atoms with Gasteiger partial charge in [0.1, 0.15) is 41.5 Å². The third-order valence-electron chi connectivity index (χ3n) is 6.01. The number of nitriles is 1. The second-order valence-electron chi connectivity index (χ2n) is 8.48. The maximum atomic E-state index is 14.8. The highest BCUT2D eigenvalue weighted by molar-refractivity contribution is 5.90. The van der Waals surface area contributed by atoms with E-state index in [4.69, 9.17) is 10.5 Å². The predicted octanol–water partition coefficient (Wildman–Crippen LogP) is 3.99. The fourth-order valence-corrected chi connectivity index (χ4v) is 4.10. The van der Waals surface area contributed by atoms with Crippen molar-refractivity contribution >= 4 is 5.91 Å². The highest BCUT2D eigenvalue weighted by Gasteiger charge is 2.22. The quantitative estimate of drug-likeness (QED) is 0.311. The summed E-state index contributed by atoms with van der Waals surface area (Å²) in [6, 6.07) is 17.7. The van der Waals surface area contributed by atoms with E-state index in [0.29, 0.717) is 41.4 Å². The molecule has 0 aliphatic rings. The van der Waals surface area contributed by atoms with Crippen molar-refractivity contribution in [3.05, 3.63) is 101 Å². The van der Waals surface area contributed by atoms with Crippen LogP contribution in [0.25, 0.3) is 5.69 Å². The first kappa shape index (κ1) is 24.7. The fourth-order valence-electron chi connectivity index (χ4n) is 4.10. The third-order valence-corrected chi connectivity index (χ3v) is 6.01. The second kappa shape index (κ2) is 10.9. The highest BCUT2D eigenvalue weighted by atomic mass is 19.1. The van der Waals surface area contributed by atoms with E-state index in [-0.39, 0.29) is 18.2 Å². The molecule has 184 valence electrons. The number of nitrogens with one attached hydrogen (secondary N) is 1. The van der Waals surface area contributed by atoms with Crippen LogP contribution in [-0.2, 0) is 13.0 Å². The Morgan fingerprint density at radius 1 is 1.28 bits per heavy atom. The molecule has 0 fully saturated rings. The number of aromatic nitrogens is 3. The van der Waals surface area contributed by atoms with E-state index >= 15 is 0 Å². The number of aryl methyl sites for hydroxylation is 1. The van der Waals surface area contributed by atoms with Crippen LogP contribution in [0.15, 0.2) is 67.0 Å². The van der Waals surface area contributed by atoms with Crippen molar-refractivity contribution in [2.75, 3.05) is 0 Å². The van der Waals surface area contributed by atoms with Gasteiger partial charge < -0.3 is 25.1 Å².